The molecule has 0 aliphatic carbocycles. The van der Waals surface area contributed by atoms with Crippen molar-refractivity contribution in [1.29, 1.82) is 0 Å². The molecule has 0 bridgehead atoms. The Balaban J connectivity index is 1.68. The normalized spacial score (nSPS) is 16.9. The molecule has 0 aromatic heterocycles. The number of amides is 2. The van der Waals surface area contributed by atoms with Gasteiger partial charge in [-0.25, -0.2) is 0 Å². The first-order chi connectivity index (χ1) is 13.6. The Morgan fingerprint density at radius 3 is 2.54 bits per heavy atom. The summed E-state index contributed by atoms with van der Waals surface area (Å²) in [6, 6.07) is 13.3. The Labute approximate surface area is 170 Å². The van der Waals surface area contributed by atoms with Crippen molar-refractivity contribution < 1.29 is 9.59 Å². The third-order valence-corrected chi connectivity index (χ3v) is 5.88. The molecular formula is C22H24ClN3O2. The van der Waals surface area contributed by atoms with Gasteiger partial charge in [0.05, 0.1) is 10.6 Å². The van der Waals surface area contributed by atoms with Gasteiger partial charge in [-0.1, -0.05) is 29.8 Å². The van der Waals surface area contributed by atoms with E-state index in [1.54, 1.807) is 15.9 Å². The summed E-state index contributed by atoms with van der Waals surface area (Å²) in [5, 5.41) is 0.427. The van der Waals surface area contributed by atoms with Crippen LogP contribution < -0.4 is 9.80 Å². The number of likely N-dealkylation sites (N-methyl/N-ethyl adjacent to an activating group) is 1. The predicted molar refractivity (Wildman–Crippen MR) is 112 cm³/mol. The predicted octanol–water partition coefficient (Wildman–Crippen LogP) is 3.95. The van der Waals surface area contributed by atoms with E-state index in [4.69, 9.17) is 11.6 Å². The average molecular weight is 398 g/mol. The molecule has 146 valence electrons. The Bertz CT molecular complexity index is 908. The highest BCUT2D eigenvalue weighted by atomic mass is 35.5. The first kappa shape index (κ1) is 18.8. The fraction of sp³-hybridized carbons (Fsp3) is 0.364. The molecule has 0 atom stereocenters. The summed E-state index contributed by atoms with van der Waals surface area (Å²) >= 11 is 6.51. The number of nitrogens with zero attached hydrogens (tertiary/aromatic N) is 3. The lowest BCUT2D eigenvalue weighted by Gasteiger charge is -2.23. The van der Waals surface area contributed by atoms with E-state index in [1.807, 2.05) is 43.3 Å². The Morgan fingerprint density at radius 2 is 1.82 bits per heavy atom. The van der Waals surface area contributed by atoms with E-state index in [-0.39, 0.29) is 18.4 Å². The van der Waals surface area contributed by atoms with E-state index in [0.717, 1.165) is 30.0 Å². The molecule has 0 unspecified atom stereocenters. The standard InChI is InChI=1S/C22H24ClN3O2/c1-2-24-14-16-7-3-4-8-20(16)26(15-21(24)27)22(28)18-10-9-17(13-19(18)23)25-11-5-6-12-25/h3-4,7-10,13H,2,5-6,11-12,14-15H2,1H3. The zero-order chi connectivity index (χ0) is 19.7. The lowest BCUT2D eigenvalue weighted by atomic mass is 10.1. The van der Waals surface area contributed by atoms with Gasteiger partial charge >= 0.3 is 0 Å². The zero-order valence-electron chi connectivity index (χ0n) is 16.0. The highest BCUT2D eigenvalue weighted by Gasteiger charge is 2.30. The third-order valence-electron chi connectivity index (χ3n) is 5.57. The van der Waals surface area contributed by atoms with Crippen molar-refractivity contribution in [2.75, 3.05) is 36.0 Å². The number of fused-ring (bicyclic) bond motifs is 1. The number of hydrogen-bond acceptors (Lipinski definition) is 3. The van der Waals surface area contributed by atoms with E-state index in [9.17, 15) is 9.59 Å². The van der Waals surface area contributed by atoms with Crippen LogP contribution in [0.5, 0.6) is 0 Å². The fourth-order valence-corrected chi connectivity index (χ4v) is 4.24. The van der Waals surface area contributed by atoms with Gasteiger partial charge in [0.15, 0.2) is 0 Å². The van der Waals surface area contributed by atoms with Crippen LogP contribution in [0.3, 0.4) is 0 Å². The molecule has 2 aliphatic heterocycles. The molecule has 2 amide bonds. The van der Waals surface area contributed by atoms with Gasteiger partial charge in [-0.2, -0.15) is 0 Å². The summed E-state index contributed by atoms with van der Waals surface area (Å²) in [5.41, 5.74) is 3.21. The number of para-hydroxylation sites is 1. The second-order valence-electron chi connectivity index (χ2n) is 7.29. The van der Waals surface area contributed by atoms with Crippen molar-refractivity contribution in [3.8, 4) is 0 Å². The molecule has 6 heteroatoms. The second kappa shape index (κ2) is 7.84. The molecule has 0 saturated carbocycles. The maximum atomic E-state index is 13.4. The first-order valence-electron chi connectivity index (χ1n) is 9.80. The average Bonchev–Trinajstić information content (AvgIpc) is 3.20. The van der Waals surface area contributed by atoms with Crippen molar-refractivity contribution in [2.24, 2.45) is 0 Å². The second-order valence-corrected chi connectivity index (χ2v) is 7.69. The van der Waals surface area contributed by atoms with E-state index >= 15 is 0 Å². The topological polar surface area (TPSA) is 43.9 Å². The van der Waals surface area contributed by atoms with E-state index in [0.29, 0.717) is 23.7 Å². The molecule has 1 saturated heterocycles. The third kappa shape index (κ3) is 3.47. The Morgan fingerprint density at radius 1 is 1.07 bits per heavy atom. The van der Waals surface area contributed by atoms with Crippen LogP contribution in [-0.4, -0.2) is 42.9 Å². The van der Waals surface area contributed by atoms with Crippen LogP contribution >= 0.6 is 11.6 Å². The van der Waals surface area contributed by atoms with Crippen LogP contribution in [0.1, 0.15) is 35.7 Å². The highest BCUT2D eigenvalue weighted by Crippen LogP contribution is 2.31. The van der Waals surface area contributed by atoms with Gasteiger partial charge in [0, 0.05) is 37.6 Å². The summed E-state index contributed by atoms with van der Waals surface area (Å²) in [6.07, 6.45) is 2.36. The minimum Gasteiger partial charge on any atom is -0.371 e. The SMILES string of the molecule is CCN1Cc2ccccc2N(C(=O)c2ccc(N3CCCC3)cc2Cl)CC1=O. The summed E-state index contributed by atoms with van der Waals surface area (Å²) < 4.78 is 0. The largest absolute Gasteiger partial charge is 0.371 e. The Hall–Kier alpha value is -2.53. The summed E-state index contributed by atoms with van der Waals surface area (Å²) in [7, 11) is 0. The zero-order valence-corrected chi connectivity index (χ0v) is 16.8. The van der Waals surface area contributed by atoms with E-state index in [1.165, 1.54) is 12.8 Å². The van der Waals surface area contributed by atoms with Crippen molar-refractivity contribution >= 4 is 34.8 Å². The smallest absolute Gasteiger partial charge is 0.260 e. The Kier molecular flexibility index (Phi) is 5.27. The van der Waals surface area contributed by atoms with Crippen molar-refractivity contribution in [3.63, 3.8) is 0 Å². The highest BCUT2D eigenvalue weighted by molar-refractivity contribution is 6.35. The number of halogens is 1. The van der Waals surface area contributed by atoms with Gasteiger partial charge in [-0.15, -0.1) is 0 Å². The van der Waals surface area contributed by atoms with Crippen LogP contribution in [0.4, 0.5) is 11.4 Å². The summed E-state index contributed by atoms with van der Waals surface area (Å²) in [5.74, 6) is -0.298. The van der Waals surface area contributed by atoms with Gasteiger partial charge in [-0.05, 0) is 49.6 Å². The minimum absolute atomic E-state index is 0.0217. The molecule has 2 aliphatic rings. The lowest BCUT2D eigenvalue weighted by Crippen LogP contribution is -2.40. The van der Waals surface area contributed by atoms with Gasteiger partial charge in [0.2, 0.25) is 5.91 Å². The van der Waals surface area contributed by atoms with Crippen LogP contribution in [0, 0.1) is 0 Å². The molecule has 0 spiro atoms. The monoisotopic (exact) mass is 397 g/mol. The van der Waals surface area contributed by atoms with Crippen molar-refractivity contribution in [3.05, 3.63) is 58.6 Å². The number of hydrogen-bond donors (Lipinski definition) is 0. The number of benzene rings is 2. The number of rotatable bonds is 3. The number of carbonyl (C=O) groups is 2. The molecule has 5 nitrogen and oxygen atoms in total. The maximum Gasteiger partial charge on any atom is 0.260 e. The molecule has 2 heterocycles. The molecule has 2 aromatic carbocycles. The summed E-state index contributed by atoms with van der Waals surface area (Å²) in [6.45, 7) is 5.13. The van der Waals surface area contributed by atoms with E-state index < -0.39 is 0 Å². The summed E-state index contributed by atoms with van der Waals surface area (Å²) in [4.78, 5) is 31.6. The molecule has 1 fully saturated rings. The van der Waals surface area contributed by atoms with Gasteiger partial charge < -0.3 is 9.80 Å². The molecule has 28 heavy (non-hydrogen) atoms. The van der Waals surface area contributed by atoms with Crippen LogP contribution in [0.15, 0.2) is 42.5 Å². The molecule has 0 N–H and O–H groups in total. The molecular weight excluding hydrogens is 374 g/mol. The number of anilines is 2. The van der Waals surface area contributed by atoms with Crippen LogP contribution in [0.2, 0.25) is 5.02 Å². The maximum absolute atomic E-state index is 13.4. The number of carbonyl (C=O) groups excluding carboxylic acids is 2. The first-order valence-corrected chi connectivity index (χ1v) is 10.2. The lowest BCUT2D eigenvalue weighted by molar-refractivity contribution is -0.129. The van der Waals surface area contributed by atoms with Crippen molar-refractivity contribution in [2.45, 2.75) is 26.3 Å². The van der Waals surface area contributed by atoms with Crippen molar-refractivity contribution in [1.82, 2.24) is 4.90 Å². The van der Waals surface area contributed by atoms with Crippen LogP contribution in [-0.2, 0) is 11.3 Å². The minimum atomic E-state index is -0.239. The fourth-order valence-electron chi connectivity index (χ4n) is 3.99. The quantitative estimate of drug-likeness (QED) is 0.787. The molecule has 4 rings (SSSR count). The van der Waals surface area contributed by atoms with E-state index in [2.05, 4.69) is 4.90 Å². The van der Waals surface area contributed by atoms with Crippen LogP contribution in [0.25, 0.3) is 0 Å². The van der Waals surface area contributed by atoms with Gasteiger partial charge in [0.1, 0.15) is 6.54 Å². The molecule has 2 aromatic rings. The van der Waals surface area contributed by atoms with Gasteiger partial charge in [0.25, 0.3) is 5.91 Å². The molecule has 0 radical (unpaired) electrons. The van der Waals surface area contributed by atoms with Gasteiger partial charge in [-0.3, -0.25) is 14.5 Å².